The van der Waals surface area contributed by atoms with Crippen molar-refractivity contribution in [2.75, 3.05) is 38.3 Å². The number of cyclic esters (lactones) is 1. The number of unbranched alkanes of at least 4 members (excludes halogenated alkanes) is 1. The maximum atomic E-state index is 15.1. The van der Waals surface area contributed by atoms with Gasteiger partial charge in [0.15, 0.2) is 0 Å². The van der Waals surface area contributed by atoms with Crippen molar-refractivity contribution in [1.82, 2.24) is 10.2 Å². The summed E-state index contributed by atoms with van der Waals surface area (Å²) in [4.78, 5) is 60.5. The quantitative estimate of drug-likeness (QED) is 0.230. The third kappa shape index (κ3) is 6.64. The lowest BCUT2D eigenvalue weighted by Crippen LogP contribution is -2.56. The molecule has 50 heavy (non-hydrogen) atoms. The number of nitrogens with one attached hydrogen (secondary N) is 1. The second kappa shape index (κ2) is 15.4. The number of aryl methyl sites for hydroxylation is 1. The number of likely N-dealkylation sites (tertiary alicyclic amines) is 1. The van der Waals surface area contributed by atoms with E-state index in [1.54, 1.807) is 35.2 Å². The summed E-state index contributed by atoms with van der Waals surface area (Å²) in [7, 11) is 1.50. The van der Waals surface area contributed by atoms with Gasteiger partial charge in [-0.3, -0.25) is 19.2 Å². The van der Waals surface area contributed by atoms with Gasteiger partial charge in [0.2, 0.25) is 11.8 Å². The molecule has 4 aliphatic heterocycles. The number of fused-ring (bicyclic) bond motifs is 2. The number of para-hydroxylation sites is 1. The van der Waals surface area contributed by atoms with Crippen LogP contribution in [-0.4, -0.2) is 90.9 Å². The maximum absolute atomic E-state index is 15.1. The van der Waals surface area contributed by atoms with Crippen LogP contribution in [0.5, 0.6) is 0 Å². The number of aliphatic hydroxyl groups excluding tert-OH is 1. The highest BCUT2D eigenvalue weighted by molar-refractivity contribution is 9.11. The second-order valence-electron chi connectivity index (χ2n) is 13.1. The molecule has 0 radical (unpaired) electrons. The van der Waals surface area contributed by atoms with Crippen molar-refractivity contribution in [3.8, 4) is 0 Å². The smallest absolute Gasteiger partial charge is 0.313 e. The summed E-state index contributed by atoms with van der Waals surface area (Å²) in [6, 6.07) is 12.5. The van der Waals surface area contributed by atoms with Gasteiger partial charge >= 0.3 is 5.97 Å². The number of nitrogens with zero attached hydrogens (tertiary/aromatic N) is 2. The standard InChI is InChI=1S/C37H41BrClN3O8/c1-22-12-11-15-25(39)30(22)41-17-8-4-7-16-27(44)40-26(21-48-2)31(23-13-5-3-6-14-23)49-36(47)28-29-34(45)42(18-9-10-19-43)33(35(41)46)37(29)20-24(38)32(28)50-37/h3-6,8,11-15,20,26,28-29,31-33,43H,7,9-10,16-19,21H2,1-2H3,(H,40,44)/b8-4-/t26-,28+,29-,31-,32+,33+,37-/m1/s1. The van der Waals surface area contributed by atoms with E-state index in [0.29, 0.717) is 40.0 Å². The minimum Gasteiger partial charge on any atom is -0.455 e. The van der Waals surface area contributed by atoms with Gasteiger partial charge in [0.05, 0.1) is 29.3 Å². The number of carbonyl (C=O) groups is 4. The highest BCUT2D eigenvalue weighted by Gasteiger charge is 2.75. The van der Waals surface area contributed by atoms with Crippen molar-refractivity contribution < 1.29 is 38.5 Å². The first-order chi connectivity index (χ1) is 24.1. The summed E-state index contributed by atoms with van der Waals surface area (Å²) in [5, 5.41) is 12.9. The van der Waals surface area contributed by atoms with E-state index >= 15 is 4.79 Å². The zero-order valence-electron chi connectivity index (χ0n) is 27.9. The van der Waals surface area contributed by atoms with Crippen LogP contribution in [0.3, 0.4) is 0 Å². The number of methoxy groups -OCH3 is 1. The minimum absolute atomic E-state index is 0.0519. The first-order valence-electron chi connectivity index (χ1n) is 16.9. The lowest BCUT2D eigenvalue weighted by atomic mass is 9.74. The van der Waals surface area contributed by atoms with Crippen molar-refractivity contribution >= 4 is 56.9 Å². The summed E-state index contributed by atoms with van der Waals surface area (Å²) in [5.74, 6) is -3.98. The van der Waals surface area contributed by atoms with Crippen LogP contribution in [0.1, 0.15) is 42.9 Å². The van der Waals surface area contributed by atoms with Crippen molar-refractivity contribution in [3.63, 3.8) is 0 Å². The third-order valence-corrected chi connectivity index (χ3v) is 10.9. The number of hydrogen-bond donors (Lipinski definition) is 2. The Labute approximate surface area is 304 Å². The van der Waals surface area contributed by atoms with Gasteiger partial charge in [-0.1, -0.05) is 82.1 Å². The second-order valence-corrected chi connectivity index (χ2v) is 14.4. The van der Waals surface area contributed by atoms with Gasteiger partial charge in [0, 0.05) is 37.7 Å². The molecule has 0 saturated carbocycles. The molecular formula is C37H41BrClN3O8. The SMILES string of the molecule is COC[C@H]1NC(=O)CC/C=C\CN(c2c(C)cccc2Cl)C(=O)[C@@H]2N(CCCCO)C(=O)[C@H]3[C@H](C(=O)O[C@@H]1c1ccccc1)[C@H]1O[C@@]23C=C1Br. The average molecular weight is 771 g/mol. The predicted molar refractivity (Wildman–Crippen MR) is 189 cm³/mol. The molecule has 2 aromatic carbocycles. The zero-order chi connectivity index (χ0) is 35.6. The van der Waals surface area contributed by atoms with Gasteiger partial charge < -0.3 is 34.4 Å². The van der Waals surface area contributed by atoms with Gasteiger partial charge in [-0.2, -0.15) is 0 Å². The highest BCUT2D eigenvalue weighted by atomic mass is 79.9. The van der Waals surface area contributed by atoms with Crippen LogP contribution in [0.4, 0.5) is 5.69 Å². The fourth-order valence-corrected chi connectivity index (χ4v) is 8.77. The number of hydrogen-bond acceptors (Lipinski definition) is 8. The van der Waals surface area contributed by atoms with Crippen LogP contribution >= 0.6 is 27.5 Å². The largest absolute Gasteiger partial charge is 0.455 e. The number of benzene rings is 2. The summed E-state index contributed by atoms with van der Waals surface area (Å²) in [6.07, 6.45) is 4.91. The third-order valence-electron chi connectivity index (χ3n) is 9.89. The minimum atomic E-state index is -1.49. The maximum Gasteiger partial charge on any atom is 0.313 e. The zero-order valence-corrected chi connectivity index (χ0v) is 30.3. The normalized spacial score (nSPS) is 30.6. The molecule has 266 valence electrons. The van der Waals surface area contributed by atoms with Gasteiger partial charge in [0.25, 0.3) is 5.91 Å². The lowest BCUT2D eigenvalue weighted by Gasteiger charge is -2.36. The van der Waals surface area contributed by atoms with E-state index in [9.17, 15) is 19.5 Å². The van der Waals surface area contributed by atoms with Gasteiger partial charge in [-0.15, -0.1) is 0 Å². The number of aliphatic hydroxyl groups is 1. The molecule has 5 bridgehead atoms. The Hall–Kier alpha value is -3.55. The van der Waals surface area contributed by atoms with Crippen LogP contribution in [0.2, 0.25) is 5.02 Å². The number of ether oxygens (including phenoxy) is 3. The molecular weight excluding hydrogens is 730 g/mol. The molecule has 0 aliphatic carbocycles. The Kier molecular flexibility index (Phi) is 11.1. The number of halogens is 2. The topological polar surface area (TPSA) is 135 Å². The average Bonchev–Trinajstić information content (AvgIpc) is 3.68. The van der Waals surface area contributed by atoms with Crippen LogP contribution in [0.15, 0.2) is 71.2 Å². The Morgan fingerprint density at radius 1 is 1.04 bits per heavy atom. The molecule has 2 aromatic rings. The van der Waals surface area contributed by atoms with Crippen LogP contribution in [-0.2, 0) is 33.4 Å². The predicted octanol–water partition coefficient (Wildman–Crippen LogP) is 4.39. The molecule has 0 unspecified atom stereocenters. The van der Waals surface area contributed by atoms with Crippen LogP contribution < -0.4 is 10.2 Å². The molecule has 2 N–H and O–H groups in total. The summed E-state index contributed by atoms with van der Waals surface area (Å²) < 4.78 is 19.0. The van der Waals surface area contributed by atoms with Crippen molar-refractivity contribution in [3.05, 3.63) is 87.4 Å². The highest BCUT2D eigenvalue weighted by Crippen LogP contribution is 2.59. The number of anilines is 1. The van der Waals surface area contributed by atoms with Crippen molar-refractivity contribution in [2.24, 2.45) is 11.8 Å². The Balaban J connectivity index is 1.49. The molecule has 7 atom stereocenters. The summed E-state index contributed by atoms with van der Waals surface area (Å²) >= 11 is 10.3. The summed E-state index contributed by atoms with van der Waals surface area (Å²) in [5.41, 5.74) is 0.382. The van der Waals surface area contributed by atoms with Crippen LogP contribution in [0.25, 0.3) is 0 Å². The molecule has 0 aromatic heterocycles. The summed E-state index contributed by atoms with van der Waals surface area (Å²) in [6.45, 7) is 2.09. The number of carbonyl (C=O) groups excluding carboxylic acids is 4. The molecule has 4 aliphatic rings. The van der Waals surface area contributed by atoms with E-state index in [1.165, 1.54) is 12.0 Å². The van der Waals surface area contributed by atoms with E-state index in [2.05, 4.69) is 21.2 Å². The molecule has 4 heterocycles. The number of esters is 1. The first kappa shape index (κ1) is 36.2. The number of amides is 3. The molecule has 1 spiro atoms. The Morgan fingerprint density at radius 3 is 2.54 bits per heavy atom. The van der Waals surface area contributed by atoms with Crippen LogP contribution in [0, 0.1) is 18.8 Å². The molecule has 2 fully saturated rings. The lowest BCUT2D eigenvalue weighted by molar-refractivity contribution is -0.162. The first-order valence-corrected chi connectivity index (χ1v) is 18.0. The van der Waals surface area contributed by atoms with Crippen molar-refractivity contribution in [1.29, 1.82) is 0 Å². The van der Waals surface area contributed by atoms with E-state index in [0.717, 1.165) is 5.56 Å². The van der Waals surface area contributed by atoms with E-state index < -0.39 is 59.5 Å². The molecule has 3 amide bonds. The van der Waals surface area contributed by atoms with Gasteiger partial charge in [-0.25, -0.2) is 0 Å². The number of rotatable bonds is 8. The van der Waals surface area contributed by atoms with Gasteiger partial charge in [0.1, 0.15) is 29.8 Å². The monoisotopic (exact) mass is 769 g/mol. The van der Waals surface area contributed by atoms with Gasteiger partial charge in [-0.05, 0) is 49.5 Å². The van der Waals surface area contributed by atoms with E-state index in [-0.39, 0.29) is 38.6 Å². The fraction of sp³-hybridized carbons (Fsp3) is 0.459. The van der Waals surface area contributed by atoms with Crippen molar-refractivity contribution in [2.45, 2.75) is 62.5 Å². The Bertz CT molecular complexity index is 1670. The van der Waals surface area contributed by atoms with E-state index in [1.807, 2.05) is 43.3 Å². The Morgan fingerprint density at radius 2 is 1.82 bits per heavy atom. The fourth-order valence-electron chi connectivity index (χ4n) is 7.71. The van der Waals surface area contributed by atoms with E-state index in [4.69, 9.17) is 25.8 Å². The number of allylic oxidation sites excluding steroid dienone is 1. The molecule has 2 saturated heterocycles. The molecule has 11 nitrogen and oxygen atoms in total. The molecule has 6 rings (SSSR count). The molecule has 13 heteroatoms.